The Morgan fingerprint density at radius 2 is 1.68 bits per heavy atom. The van der Waals surface area contributed by atoms with Gasteiger partial charge in [0.25, 0.3) is 5.91 Å². The topological polar surface area (TPSA) is 110 Å². The smallest absolute Gasteiger partial charge is 0.257 e. The van der Waals surface area contributed by atoms with Crippen LogP contribution in [0.1, 0.15) is 94.0 Å². The number of aliphatic hydroxyl groups is 1. The number of aromatic nitrogens is 1. The first kappa shape index (κ1) is 28.0. The fourth-order valence-electron chi connectivity index (χ4n) is 5.39. The molecule has 2 aromatic rings. The summed E-state index contributed by atoms with van der Waals surface area (Å²) in [6, 6.07) is -0.923. The van der Waals surface area contributed by atoms with Crippen LogP contribution >= 0.6 is 0 Å². The quantitative estimate of drug-likeness (QED) is 0.536. The number of rotatable bonds is 5. The zero-order valence-electron chi connectivity index (χ0n) is 21.9. The molecule has 0 radical (unpaired) electrons. The number of nitrogens with zero attached hydrogens (tertiary/aromatic N) is 1. The molecule has 10 heteroatoms. The Bertz CT molecular complexity index is 1220. The summed E-state index contributed by atoms with van der Waals surface area (Å²) in [5.74, 6) is -4.21. The van der Waals surface area contributed by atoms with Crippen molar-refractivity contribution in [3.8, 4) is 5.75 Å². The van der Waals surface area contributed by atoms with Crippen LogP contribution in [0.2, 0.25) is 0 Å². The average Bonchev–Trinajstić information content (AvgIpc) is 2.89. The van der Waals surface area contributed by atoms with Crippen LogP contribution in [-0.2, 0) is 4.79 Å². The van der Waals surface area contributed by atoms with E-state index in [2.05, 4.69) is 10.6 Å². The molecule has 1 fully saturated rings. The zero-order chi connectivity index (χ0) is 27.2. The van der Waals surface area contributed by atoms with Gasteiger partial charge in [-0.05, 0) is 25.8 Å². The highest BCUT2D eigenvalue weighted by Gasteiger charge is 2.30. The Hall–Kier alpha value is -3.01. The van der Waals surface area contributed by atoms with Gasteiger partial charge in [0.1, 0.15) is 18.2 Å². The third-order valence-electron chi connectivity index (χ3n) is 7.61. The van der Waals surface area contributed by atoms with Crippen LogP contribution in [0.25, 0.3) is 10.9 Å². The molecule has 1 saturated carbocycles. The van der Waals surface area contributed by atoms with Gasteiger partial charge in [0.2, 0.25) is 17.2 Å². The highest BCUT2D eigenvalue weighted by atomic mass is 19.2. The molecule has 2 unspecified atom stereocenters. The van der Waals surface area contributed by atoms with Crippen LogP contribution < -0.4 is 20.8 Å². The normalized spacial score (nSPS) is 20.1. The number of carbonyl (C=O) groups is 2. The molecule has 38 heavy (non-hydrogen) atoms. The average molecular weight is 534 g/mol. The van der Waals surface area contributed by atoms with E-state index in [0.717, 1.165) is 44.6 Å². The van der Waals surface area contributed by atoms with Gasteiger partial charge in [-0.2, -0.15) is 4.39 Å². The van der Waals surface area contributed by atoms with Gasteiger partial charge in [-0.1, -0.05) is 57.8 Å². The zero-order valence-corrected chi connectivity index (χ0v) is 21.9. The van der Waals surface area contributed by atoms with Crippen LogP contribution in [0.4, 0.5) is 8.78 Å². The number of carbonyl (C=O) groups excluding carboxylic acids is 2. The lowest BCUT2D eigenvalue weighted by molar-refractivity contribution is -0.124. The van der Waals surface area contributed by atoms with E-state index in [1.54, 1.807) is 6.92 Å². The Morgan fingerprint density at radius 1 is 1.08 bits per heavy atom. The molecular formula is C28H37F2N3O5. The number of hydrogen-bond donors (Lipinski definition) is 3. The molecule has 2 atom stereocenters. The first-order valence-electron chi connectivity index (χ1n) is 13.7. The molecular weight excluding hydrogens is 496 g/mol. The molecule has 1 aliphatic carbocycles. The van der Waals surface area contributed by atoms with Crippen LogP contribution in [-0.4, -0.2) is 46.8 Å². The number of amides is 2. The lowest BCUT2D eigenvalue weighted by Gasteiger charge is -2.27. The number of benzene rings is 1. The number of pyridine rings is 1. The maximum absolute atomic E-state index is 14.3. The Balaban J connectivity index is 1.51. The molecule has 2 aliphatic rings. The number of nitrogens with one attached hydrogen (secondary N) is 2. The molecule has 8 nitrogen and oxygen atoms in total. The molecule has 208 valence electrons. The van der Waals surface area contributed by atoms with Crippen molar-refractivity contribution in [1.82, 2.24) is 15.2 Å². The number of hydrogen-bond acceptors (Lipinski definition) is 5. The summed E-state index contributed by atoms with van der Waals surface area (Å²) >= 11 is 0. The molecule has 0 spiro atoms. The van der Waals surface area contributed by atoms with Crippen LogP contribution in [0, 0.1) is 11.6 Å². The van der Waals surface area contributed by atoms with E-state index in [4.69, 9.17) is 4.74 Å². The second kappa shape index (κ2) is 12.7. The first-order valence-corrected chi connectivity index (χ1v) is 13.7. The van der Waals surface area contributed by atoms with Gasteiger partial charge in [0.05, 0.1) is 23.6 Å². The molecule has 1 aromatic carbocycles. The summed E-state index contributed by atoms with van der Waals surface area (Å²) in [4.78, 5) is 39.3. The second-order valence-corrected chi connectivity index (χ2v) is 10.5. The van der Waals surface area contributed by atoms with Crippen LogP contribution in [0.15, 0.2) is 17.1 Å². The van der Waals surface area contributed by atoms with Crippen molar-refractivity contribution in [1.29, 1.82) is 0 Å². The standard InChI is InChI=1S/C28H37F2N3O5/c1-17-16-38-26-23(30)21(29)13-19-24(26)33(17)14-20(25(19)35)27(36)32-22(15-34)28(37)31-18-11-9-7-5-3-2-4-6-8-10-12-18/h13-14,17-18,22,34H,2-12,15-16H2,1H3,(H,31,37)(H,32,36). The van der Waals surface area contributed by atoms with E-state index in [9.17, 15) is 28.3 Å². The van der Waals surface area contributed by atoms with E-state index >= 15 is 0 Å². The Labute approximate surface area is 220 Å². The minimum absolute atomic E-state index is 0.0233. The van der Waals surface area contributed by atoms with Gasteiger partial charge in [-0.3, -0.25) is 14.4 Å². The summed E-state index contributed by atoms with van der Waals surface area (Å²) in [5, 5.41) is 15.1. The third-order valence-corrected chi connectivity index (χ3v) is 7.61. The molecule has 1 aliphatic heterocycles. The van der Waals surface area contributed by atoms with Gasteiger partial charge >= 0.3 is 0 Å². The molecule has 2 amide bonds. The van der Waals surface area contributed by atoms with E-state index < -0.39 is 41.5 Å². The molecule has 0 saturated heterocycles. The van der Waals surface area contributed by atoms with Crippen molar-refractivity contribution >= 4 is 22.7 Å². The molecule has 3 N–H and O–H groups in total. The summed E-state index contributed by atoms with van der Waals surface area (Å²) in [6.07, 6.45) is 13.3. The highest BCUT2D eigenvalue weighted by Crippen LogP contribution is 2.35. The maximum Gasteiger partial charge on any atom is 0.257 e. The molecule has 0 bridgehead atoms. The molecule has 2 heterocycles. The first-order chi connectivity index (χ1) is 18.3. The number of aliphatic hydroxyl groups excluding tert-OH is 1. The third kappa shape index (κ3) is 6.17. The van der Waals surface area contributed by atoms with E-state index in [0.29, 0.717) is 0 Å². The minimum atomic E-state index is -1.26. The fourth-order valence-corrected chi connectivity index (χ4v) is 5.39. The van der Waals surface area contributed by atoms with Gasteiger partial charge in [-0.15, -0.1) is 0 Å². The largest absolute Gasteiger partial charge is 0.486 e. The van der Waals surface area contributed by atoms with Crippen molar-refractivity contribution in [2.24, 2.45) is 0 Å². The van der Waals surface area contributed by atoms with Crippen molar-refractivity contribution < 1.29 is 28.2 Å². The van der Waals surface area contributed by atoms with E-state index in [-0.39, 0.29) is 40.9 Å². The summed E-state index contributed by atoms with van der Waals surface area (Å²) in [7, 11) is 0. The fraction of sp³-hybridized carbons (Fsp3) is 0.607. The van der Waals surface area contributed by atoms with Gasteiger partial charge in [0.15, 0.2) is 11.6 Å². The highest BCUT2D eigenvalue weighted by molar-refractivity contribution is 6.00. The number of ether oxygens (including phenoxy) is 1. The van der Waals surface area contributed by atoms with Crippen molar-refractivity contribution in [2.75, 3.05) is 13.2 Å². The van der Waals surface area contributed by atoms with Gasteiger partial charge in [-0.25, -0.2) is 4.39 Å². The Kier molecular flexibility index (Phi) is 9.35. The lowest BCUT2D eigenvalue weighted by atomic mass is 9.97. The van der Waals surface area contributed by atoms with Crippen molar-refractivity contribution in [3.05, 3.63) is 39.7 Å². The molecule has 1 aromatic heterocycles. The Morgan fingerprint density at radius 3 is 2.29 bits per heavy atom. The van der Waals surface area contributed by atoms with Crippen molar-refractivity contribution in [3.63, 3.8) is 0 Å². The van der Waals surface area contributed by atoms with Gasteiger partial charge < -0.3 is 25.0 Å². The number of halogens is 2. The minimum Gasteiger partial charge on any atom is -0.486 e. The van der Waals surface area contributed by atoms with E-state index in [1.807, 2.05) is 0 Å². The predicted octanol–water partition coefficient (Wildman–Crippen LogP) is 4.11. The summed E-state index contributed by atoms with van der Waals surface area (Å²) in [5.41, 5.74) is -1.08. The monoisotopic (exact) mass is 533 g/mol. The summed E-state index contributed by atoms with van der Waals surface area (Å²) < 4.78 is 35.4. The SMILES string of the molecule is CC1COc2c(F)c(F)cc3c(=O)c(C(=O)NC(CO)C(=O)NC4CCCCCCCCCCC4)cn1c23. The predicted molar refractivity (Wildman–Crippen MR) is 139 cm³/mol. The van der Waals surface area contributed by atoms with Crippen molar-refractivity contribution in [2.45, 2.75) is 95.7 Å². The van der Waals surface area contributed by atoms with Crippen LogP contribution in [0.5, 0.6) is 5.75 Å². The maximum atomic E-state index is 14.3. The molecule has 4 rings (SSSR count). The van der Waals surface area contributed by atoms with E-state index in [1.165, 1.54) is 42.9 Å². The lowest BCUT2D eigenvalue weighted by Crippen LogP contribution is -2.52. The second-order valence-electron chi connectivity index (χ2n) is 10.5. The summed E-state index contributed by atoms with van der Waals surface area (Å²) in [6.45, 7) is 1.12. The van der Waals surface area contributed by atoms with Gasteiger partial charge in [0, 0.05) is 12.2 Å². The van der Waals surface area contributed by atoms with Crippen LogP contribution in [0.3, 0.4) is 0 Å².